The number of allylic oxidation sites excluding steroid dienone is 2. The van der Waals surface area contributed by atoms with Gasteiger partial charge in [0.15, 0.2) is 11.6 Å². The van der Waals surface area contributed by atoms with Crippen molar-refractivity contribution in [1.29, 1.82) is 0 Å². The molecule has 162 valence electrons. The van der Waals surface area contributed by atoms with Crippen molar-refractivity contribution >= 4 is 10.8 Å². The molecule has 0 atom stereocenters. The van der Waals surface area contributed by atoms with Crippen LogP contribution in [-0.4, -0.2) is 4.98 Å². The van der Waals surface area contributed by atoms with E-state index in [2.05, 4.69) is 17.1 Å². The second-order valence-corrected chi connectivity index (χ2v) is 7.88. The van der Waals surface area contributed by atoms with Gasteiger partial charge in [0.25, 0.3) is 0 Å². The van der Waals surface area contributed by atoms with Crippen LogP contribution >= 0.6 is 0 Å². The smallest absolute Gasteiger partial charge is 0.159 e. The summed E-state index contributed by atoms with van der Waals surface area (Å²) in [5.41, 5.74) is 4.16. The normalized spacial score (nSPS) is 11.5. The van der Waals surface area contributed by atoms with Gasteiger partial charge in [-0.15, -0.1) is 0 Å². The SMILES string of the molecule is C/C=C/CCc1ccc(-c2ccc3c(F)c(CCc4ccc(F)c(F)c4)ccc3c2)nc1. The summed E-state index contributed by atoms with van der Waals surface area (Å²) >= 11 is 0. The van der Waals surface area contributed by atoms with Crippen molar-refractivity contribution in [3.8, 4) is 11.3 Å². The van der Waals surface area contributed by atoms with E-state index in [4.69, 9.17) is 0 Å². The first-order valence-corrected chi connectivity index (χ1v) is 10.8. The van der Waals surface area contributed by atoms with Crippen LogP contribution in [0.15, 0.2) is 79.0 Å². The lowest BCUT2D eigenvalue weighted by atomic mass is 9.98. The van der Waals surface area contributed by atoms with E-state index in [1.807, 2.05) is 43.5 Å². The highest BCUT2D eigenvalue weighted by molar-refractivity contribution is 5.88. The summed E-state index contributed by atoms with van der Waals surface area (Å²) in [7, 11) is 0. The summed E-state index contributed by atoms with van der Waals surface area (Å²) in [6.45, 7) is 2.01. The van der Waals surface area contributed by atoms with Gasteiger partial charge >= 0.3 is 0 Å². The number of hydrogen-bond donors (Lipinski definition) is 0. The predicted molar refractivity (Wildman–Crippen MR) is 124 cm³/mol. The van der Waals surface area contributed by atoms with Gasteiger partial charge in [0.1, 0.15) is 5.82 Å². The molecule has 0 saturated carbocycles. The highest BCUT2D eigenvalue weighted by Crippen LogP contribution is 2.27. The fraction of sp³-hybridized carbons (Fsp3) is 0.179. The third-order valence-electron chi connectivity index (χ3n) is 5.66. The molecule has 0 bridgehead atoms. The Hall–Kier alpha value is -3.40. The fourth-order valence-electron chi connectivity index (χ4n) is 3.82. The van der Waals surface area contributed by atoms with E-state index in [1.54, 1.807) is 12.1 Å². The zero-order valence-corrected chi connectivity index (χ0v) is 17.9. The molecule has 1 aromatic heterocycles. The maximum atomic E-state index is 15.1. The van der Waals surface area contributed by atoms with Crippen LogP contribution in [0.5, 0.6) is 0 Å². The Bertz CT molecular complexity index is 1260. The molecule has 3 aromatic carbocycles. The molecular weight excluding hydrogens is 407 g/mol. The van der Waals surface area contributed by atoms with E-state index >= 15 is 4.39 Å². The van der Waals surface area contributed by atoms with Gasteiger partial charge in [0.05, 0.1) is 5.69 Å². The van der Waals surface area contributed by atoms with Crippen LogP contribution in [0.25, 0.3) is 22.0 Å². The molecule has 0 fully saturated rings. The van der Waals surface area contributed by atoms with Gasteiger partial charge in [-0.05, 0) is 78.9 Å². The molecule has 4 rings (SSSR count). The monoisotopic (exact) mass is 431 g/mol. The van der Waals surface area contributed by atoms with Gasteiger partial charge in [0, 0.05) is 17.1 Å². The number of pyridine rings is 1. The average molecular weight is 432 g/mol. The fourth-order valence-corrected chi connectivity index (χ4v) is 3.82. The van der Waals surface area contributed by atoms with E-state index < -0.39 is 11.6 Å². The Morgan fingerprint density at radius 3 is 2.38 bits per heavy atom. The standard InChI is InChI=1S/C28H24F3N/c1-2-3-4-5-20-8-15-27(32-18-20)23-12-13-24-22(17-23)11-10-21(28(24)31)9-6-19-7-14-25(29)26(30)16-19/h2-3,7-8,10-18H,4-6,9H2,1H3/b3-2+. The van der Waals surface area contributed by atoms with Crippen molar-refractivity contribution in [3.05, 3.63) is 113 Å². The summed E-state index contributed by atoms with van der Waals surface area (Å²) in [5.74, 6) is -2.03. The maximum Gasteiger partial charge on any atom is 0.159 e. The molecule has 32 heavy (non-hydrogen) atoms. The molecule has 0 amide bonds. The van der Waals surface area contributed by atoms with Crippen molar-refractivity contribution in [2.75, 3.05) is 0 Å². The Kier molecular flexibility index (Phi) is 6.69. The Labute approximate surface area is 186 Å². The summed E-state index contributed by atoms with van der Waals surface area (Å²) < 4.78 is 41.6. The maximum absolute atomic E-state index is 15.1. The Morgan fingerprint density at radius 2 is 1.62 bits per heavy atom. The van der Waals surface area contributed by atoms with Gasteiger partial charge in [-0.1, -0.05) is 48.6 Å². The predicted octanol–water partition coefficient (Wildman–Crippen LogP) is 7.61. The Morgan fingerprint density at radius 1 is 0.781 bits per heavy atom. The number of nitrogens with zero attached hydrogens (tertiary/aromatic N) is 1. The van der Waals surface area contributed by atoms with E-state index in [-0.39, 0.29) is 5.82 Å². The summed E-state index contributed by atoms with van der Waals surface area (Å²) in [4.78, 5) is 4.58. The largest absolute Gasteiger partial charge is 0.256 e. The molecule has 0 radical (unpaired) electrons. The number of fused-ring (bicyclic) bond motifs is 1. The molecule has 0 aliphatic rings. The lowest BCUT2D eigenvalue weighted by Gasteiger charge is -2.09. The van der Waals surface area contributed by atoms with E-state index in [0.29, 0.717) is 29.4 Å². The van der Waals surface area contributed by atoms with Gasteiger partial charge in [-0.2, -0.15) is 0 Å². The van der Waals surface area contributed by atoms with Crippen LogP contribution in [-0.2, 0) is 19.3 Å². The van der Waals surface area contributed by atoms with Crippen molar-refractivity contribution < 1.29 is 13.2 Å². The van der Waals surface area contributed by atoms with Crippen LogP contribution < -0.4 is 0 Å². The number of halogens is 3. The van der Waals surface area contributed by atoms with Crippen LogP contribution in [0.3, 0.4) is 0 Å². The number of aryl methyl sites for hydroxylation is 3. The second-order valence-electron chi connectivity index (χ2n) is 7.88. The minimum absolute atomic E-state index is 0.274. The molecule has 1 heterocycles. The Balaban J connectivity index is 1.52. The molecular formula is C28H24F3N. The molecule has 0 saturated heterocycles. The number of rotatable bonds is 7. The second kappa shape index (κ2) is 9.82. The summed E-state index contributed by atoms with van der Waals surface area (Å²) in [6, 6.07) is 17.1. The van der Waals surface area contributed by atoms with Crippen molar-refractivity contribution in [3.63, 3.8) is 0 Å². The first kappa shape index (κ1) is 21.8. The molecule has 0 N–H and O–H groups in total. The van der Waals surface area contributed by atoms with Crippen LogP contribution in [0.1, 0.15) is 30.0 Å². The molecule has 0 unspecified atom stereocenters. The lowest BCUT2D eigenvalue weighted by Crippen LogP contribution is -1.97. The molecule has 0 aliphatic heterocycles. The van der Waals surface area contributed by atoms with E-state index in [1.165, 1.54) is 17.7 Å². The lowest BCUT2D eigenvalue weighted by molar-refractivity contribution is 0.507. The average Bonchev–Trinajstić information content (AvgIpc) is 2.81. The van der Waals surface area contributed by atoms with Crippen LogP contribution in [0.4, 0.5) is 13.2 Å². The molecule has 0 spiro atoms. The minimum atomic E-state index is -0.881. The van der Waals surface area contributed by atoms with Crippen LogP contribution in [0, 0.1) is 17.5 Å². The first-order valence-electron chi connectivity index (χ1n) is 10.8. The molecule has 4 aromatic rings. The first-order chi connectivity index (χ1) is 15.5. The number of hydrogen-bond acceptors (Lipinski definition) is 1. The van der Waals surface area contributed by atoms with Crippen LogP contribution in [0.2, 0.25) is 0 Å². The number of aromatic nitrogens is 1. The third-order valence-corrected chi connectivity index (χ3v) is 5.66. The summed E-state index contributed by atoms with van der Waals surface area (Å²) in [6.07, 6.45) is 8.86. The molecule has 1 nitrogen and oxygen atoms in total. The summed E-state index contributed by atoms with van der Waals surface area (Å²) in [5, 5.41) is 1.34. The van der Waals surface area contributed by atoms with E-state index in [9.17, 15) is 8.78 Å². The topological polar surface area (TPSA) is 12.9 Å². The quantitative estimate of drug-likeness (QED) is 0.274. The minimum Gasteiger partial charge on any atom is -0.256 e. The van der Waals surface area contributed by atoms with E-state index in [0.717, 1.165) is 35.6 Å². The highest BCUT2D eigenvalue weighted by Gasteiger charge is 2.10. The van der Waals surface area contributed by atoms with Crippen molar-refractivity contribution in [2.45, 2.75) is 32.6 Å². The molecule has 0 aliphatic carbocycles. The number of benzene rings is 3. The van der Waals surface area contributed by atoms with Crippen molar-refractivity contribution in [2.24, 2.45) is 0 Å². The van der Waals surface area contributed by atoms with Gasteiger partial charge in [-0.3, -0.25) is 4.98 Å². The zero-order chi connectivity index (χ0) is 22.5. The zero-order valence-electron chi connectivity index (χ0n) is 17.9. The molecule has 4 heteroatoms. The van der Waals surface area contributed by atoms with Crippen molar-refractivity contribution in [1.82, 2.24) is 4.98 Å². The third kappa shape index (κ3) is 4.91. The van der Waals surface area contributed by atoms with Gasteiger partial charge in [-0.25, -0.2) is 13.2 Å². The highest BCUT2D eigenvalue weighted by atomic mass is 19.2. The van der Waals surface area contributed by atoms with Gasteiger partial charge in [0.2, 0.25) is 0 Å². The van der Waals surface area contributed by atoms with Gasteiger partial charge < -0.3 is 0 Å².